The monoisotopic (exact) mass is 245 g/mol. The van der Waals surface area contributed by atoms with Crippen LogP contribution in [0, 0.1) is 5.92 Å². The van der Waals surface area contributed by atoms with Gasteiger partial charge in [0.2, 0.25) is 11.8 Å². The lowest BCUT2D eigenvalue weighted by atomic mass is 10.0. The first-order valence-corrected chi connectivity index (χ1v) is 5.42. The number of carboxylic acids is 1. The summed E-state index contributed by atoms with van der Waals surface area (Å²) in [7, 11) is 0. The Morgan fingerprint density at radius 3 is 2.35 bits per heavy atom. The zero-order valence-corrected chi connectivity index (χ0v) is 9.81. The van der Waals surface area contributed by atoms with Crippen LogP contribution in [0.15, 0.2) is 0 Å². The predicted octanol–water partition coefficient (Wildman–Crippen LogP) is -1.19. The molecule has 0 fully saturated rings. The largest absolute Gasteiger partial charge is 0.481 e. The smallest absolute Gasteiger partial charge is 0.308 e. The van der Waals surface area contributed by atoms with Crippen molar-refractivity contribution in [1.82, 2.24) is 5.32 Å². The van der Waals surface area contributed by atoms with Gasteiger partial charge in [-0.3, -0.25) is 14.4 Å². The van der Waals surface area contributed by atoms with Gasteiger partial charge in [0, 0.05) is 6.54 Å². The lowest BCUT2D eigenvalue weighted by Gasteiger charge is -2.14. The SMILES string of the molecule is CCCC(CNC(=O)C(N)CC(N)=O)C(=O)O. The zero-order chi connectivity index (χ0) is 13.4. The average Bonchev–Trinajstić information content (AvgIpc) is 2.22. The van der Waals surface area contributed by atoms with Crippen LogP contribution in [-0.4, -0.2) is 35.5 Å². The topological polar surface area (TPSA) is 136 Å². The summed E-state index contributed by atoms with van der Waals surface area (Å²) in [5.41, 5.74) is 10.3. The lowest BCUT2D eigenvalue weighted by molar-refractivity contribution is -0.142. The minimum absolute atomic E-state index is 0.00840. The highest BCUT2D eigenvalue weighted by molar-refractivity contribution is 5.87. The van der Waals surface area contributed by atoms with E-state index in [1.54, 1.807) is 0 Å². The highest BCUT2D eigenvalue weighted by Crippen LogP contribution is 2.05. The van der Waals surface area contributed by atoms with Gasteiger partial charge in [-0.25, -0.2) is 0 Å². The van der Waals surface area contributed by atoms with Crippen LogP contribution in [0.2, 0.25) is 0 Å². The maximum atomic E-state index is 11.4. The first-order valence-electron chi connectivity index (χ1n) is 5.42. The molecule has 7 nitrogen and oxygen atoms in total. The van der Waals surface area contributed by atoms with E-state index >= 15 is 0 Å². The van der Waals surface area contributed by atoms with Crippen LogP contribution in [-0.2, 0) is 14.4 Å². The van der Waals surface area contributed by atoms with Crippen molar-refractivity contribution in [3.63, 3.8) is 0 Å². The van der Waals surface area contributed by atoms with Crippen molar-refractivity contribution in [2.45, 2.75) is 32.2 Å². The quantitative estimate of drug-likeness (QED) is 0.426. The number of amides is 2. The van der Waals surface area contributed by atoms with Gasteiger partial charge in [-0.05, 0) is 6.42 Å². The minimum Gasteiger partial charge on any atom is -0.481 e. The molecule has 0 saturated heterocycles. The van der Waals surface area contributed by atoms with Gasteiger partial charge in [0.05, 0.1) is 18.4 Å². The molecule has 0 aromatic carbocycles. The van der Waals surface area contributed by atoms with Gasteiger partial charge in [-0.1, -0.05) is 13.3 Å². The van der Waals surface area contributed by atoms with Crippen LogP contribution >= 0.6 is 0 Å². The van der Waals surface area contributed by atoms with Gasteiger partial charge in [-0.2, -0.15) is 0 Å². The van der Waals surface area contributed by atoms with Crippen molar-refractivity contribution in [2.24, 2.45) is 17.4 Å². The second-order valence-corrected chi connectivity index (χ2v) is 3.85. The molecule has 2 atom stereocenters. The van der Waals surface area contributed by atoms with Crippen LogP contribution in [0.25, 0.3) is 0 Å². The standard InChI is InChI=1S/C10H19N3O4/c1-2-3-6(10(16)17)5-13-9(15)7(11)4-8(12)14/h6-7H,2-5,11H2,1H3,(H2,12,14)(H,13,15)(H,16,17). The van der Waals surface area contributed by atoms with Crippen molar-refractivity contribution in [3.8, 4) is 0 Å². The molecule has 98 valence electrons. The van der Waals surface area contributed by atoms with Crippen molar-refractivity contribution in [3.05, 3.63) is 0 Å². The molecule has 0 rings (SSSR count). The molecule has 0 aromatic rings. The fourth-order valence-electron chi connectivity index (χ4n) is 1.33. The van der Waals surface area contributed by atoms with Crippen LogP contribution in [0.4, 0.5) is 0 Å². The first kappa shape index (κ1) is 15.4. The minimum atomic E-state index is -1.02. The molecule has 0 aliphatic carbocycles. The van der Waals surface area contributed by atoms with Gasteiger partial charge in [-0.15, -0.1) is 0 Å². The summed E-state index contributed by atoms with van der Waals surface area (Å²) >= 11 is 0. The number of rotatable bonds is 8. The number of nitrogens with two attached hydrogens (primary N) is 2. The molecule has 0 aliphatic rings. The molecule has 2 unspecified atom stereocenters. The summed E-state index contributed by atoms with van der Waals surface area (Å²) in [6, 6.07) is -1.02. The molecule has 0 radical (unpaired) electrons. The van der Waals surface area contributed by atoms with E-state index < -0.39 is 29.7 Å². The number of carbonyl (C=O) groups excluding carboxylic acids is 2. The molecule has 0 saturated carbocycles. The number of carbonyl (C=O) groups is 3. The van der Waals surface area contributed by atoms with Crippen molar-refractivity contribution in [2.75, 3.05) is 6.54 Å². The van der Waals surface area contributed by atoms with E-state index in [-0.39, 0.29) is 13.0 Å². The molecule has 0 bridgehead atoms. The van der Waals surface area contributed by atoms with Gasteiger partial charge in [0.15, 0.2) is 0 Å². The fourth-order valence-corrected chi connectivity index (χ4v) is 1.33. The molecule has 6 N–H and O–H groups in total. The third kappa shape index (κ3) is 6.52. The number of primary amides is 1. The Labute approximate surface area is 99.5 Å². The highest BCUT2D eigenvalue weighted by atomic mass is 16.4. The van der Waals surface area contributed by atoms with E-state index in [0.29, 0.717) is 12.8 Å². The van der Waals surface area contributed by atoms with E-state index in [1.807, 2.05) is 6.92 Å². The van der Waals surface area contributed by atoms with Gasteiger partial charge < -0.3 is 21.9 Å². The second-order valence-electron chi connectivity index (χ2n) is 3.85. The van der Waals surface area contributed by atoms with Gasteiger partial charge >= 0.3 is 5.97 Å². The maximum Gasteiger partial charge on any atom is 0.308 e. The van der Waals surface area contributed by atoms with E-state index in [0.717, 1.165) is 0 Å². The third-order valence-electron chi connectivity index (χ3n) is 2.27. The Kier molecular flexibility index (Phi) is 6.88. The van der Waals surface area contributed by atoms with E-state index in [1.165, 1.54) is 0 Å². The van der Waals surface area contributed by atoms with E-state index in [2.05, 4.69) is 5.32 Å². The Balaban J connectivity index is 4.11. The highest BCUT2D eigenvalue weighted by Gasteiger charge is 2.20. The van der Waals surface area contributed by atoms with E-state index in [4.69, 9.17) is 16.6 Å². The lowest BCUT2D eigenvalue weighted by Crippen LogP contribution is -2.45. The molecule has 0 spiro atoms. The Morgan fingerprint density at radius 2 is 1.94 bits per heavy atom. The molecular formula is C10H19N3O4. The number of nitrogens with one attached hydrogen (secondary N) is 1. The summed E-state index contributed by atoms with van der Waals surface area (Å²) in [4.78, 5) is 32.7. The van der Waals surface area contributed by atoms with Crippen molar-refractivity contribution >= 4 is 17.8 Å². The van der Waals surface area contributed by atoms with Crippen LogP contribution < -0.4 is 16.8 Å². The first-order chi connectivity index (χ1) is 7.88. The third-order valence-corrected chi connectivity index (χ3v) is 2.27. The molecule has 7 heteroatoms. The molecule has 0 aliphatic heterocycles. The predicted molar refractivity (Wildman–Crippen MR) is 60.8 cm³/mol. The zero-order valence-electron chi connectivity index (χ0n) is 9.81. The van der Waals surface area contributed by atoms with Crippen LogP contribution in [0.3, 0.4) is 0 Å². The van der Waals surface area contributed by atoms with Crippen LogP contribution in [0.5, 0.6) is 0 Å². The molecule has 2 amide bonds. The summed E-state index contributed by atoms with van der Waals surface area (Å²) in [5, 5.41) is 11.2. The second kappa shape index (κ2) is 7.61. The number of carboxylic acid groups (broad SMARTS) is 1. The van der Waals surface area contributed by atoms with Gasteiger partial charge in [0.25, 0.3) is 0 Å². The Morgan fingerprint density at radius 1 is 1.35 bits per heavy atom. The summed E-state index contributed by atoms with van der Waals surface area (Å²) in [6.45, 7) is 1.87. The average molecular weight is 245 g/mol. The molecule has 0 aromatic heterocycles. The Hall–Kier alpha value is -1.63. The molecule has 0 heterocycles. The van der Waals surface area contributed by atoms with Crippen molar-refractivity contribution in [1.29, 1.82) is 0 Å². The summed E-state index contributed by atoms with van der Waals surface area (Å²) in [6.07, 6.45) is 0.929. The maximum absolute atomic E-state index is 11.4. The van der Waals surface area contributed by atoms with Crippen LogP contribution in [0.1, 0.15) is 26.2 Å². The summed E-state index contributed by atoms with van der Waals surface area (Å²) in [5.74, 6) is -2.83. The van der Waals surface area contributed by atoms with E-state index in [9.17, 15) is 14.4 Å². The Bertz CT molecular complexity index is 293. The number of aliphatic carboxylic acids is 1. The number of hydrogen-bond acceptors (Lipinski definition) is 4. The summed E-state index contributed by atoms with van der Waals surface area (Å²) < 4.78 is 0. The normalized spacial score (nSPS) is 13.8. The van der Waals surface area contributed by atoms with Crippen molar-refractivity contribution < 1.29 is 19.5 Å². The molecular weight excluding hydrogens is 226 g/mol. The fraction of sp³-hybridized carbons (Fsp3) is 0.700. The number of hydrogen-bond donors (Lipinski definition) is 4. The molecule has 17 heavy (non-hydrogen) atoms. The van der Waals surface area contributed by atoms with Gasteiger partial charge in [0.1, 0.15) is 0 Å².